The highest BCUT2D eigenvalue weighted by Gasteiger charge is 1.80. The van der Waals surface area contributed by atoms with Crippen molar-refractivity contribution in [3.05, 3.63) is 23.1 Å². The molecule has 0 aliphatic heterocycles. The van der Waals surface area contributed by atoms with E-state index >= 15 is 0 Å². The average molecular weight is 146 g/mol. The third-order valence-corrected chi connectivity index (χ3v) is 0.865. The predicted molar refractivity (Wildman–Crippen MR) is 25.2 cm³/mol. The molecule has 6 heavy (non-hydrogen) atoms. The molecule has 1 radical (unpaired) electrons. The fraction of sp³-hybridized carbons (Fsp3) is 0. The van der Waals surface area contributed by atoms with Crippen LogP contribution in [-0.2, 0) is 0 Å². The summed E-state index contributed by atoms with van der Waals surface area (Å²) in [5.74, 6) is 0. The number of hydrogen-bond acceptors (Lipinski definition) is 1. The Labute approximate surface area is 44.1 Å². The zero-order valence-corrected chi connectivity index (χ0v) is 4.53. The minimum atomic E-state index is 0.863. The van der Waals surface area contributed by atoms with Crippen molar-refractivity contribution in [3.63, 3.8) is 0 Å². The van der Waals surface area contributed by atoms with E-state index in [1.54, 1.807) is 12.3 Å². The van der Waals surface area contributed by atoms with Crippen molar-refractivity contribution < 1.29 is 4.42 Å². The van der Waals surface area contributed by atoms with E-state index in [1.807, 2.05) is 0 Å². The van der Waals surface area contributed by atoms with Crippen LogP contribution in [0.15, 0.2) is 21.2 Å². The van der Waals surface area contributed by atoms with Gasteiger partial charge in [0.15, 0.2) is 6.26 Å². The minimum absolute atomic E-state index is 0.863. The van der Waals surface area contributed by atoms with Gasteiger partial charge in [-0.3, -0.25) is 0 Å². The highest BCUT2D eigenvalue weighted by molar-refractivity contribution is 9.10. The molecule has 1 aromatic rings. The fourth-order valence-corrected chi connectivity index (χ4v) is 0.419. The molecule has 1 heterocycles. The van der Waals surface area contributed by atoms with E-state index in [2.05, 4.69) is 26.6 Å². The van der Waals surface area contributed by atoms with Gasteiger partial charge < -0.3 is 4.42 Å². The van der Waals surface area contributed by atoms with Crippen LogP contribution < -0.4 is 0 Å². The molecule has 0 aromatic carbocycles. The van der Waals surface area contributed by atoms with Crippen LogP contribution in [0.3, 0.4) is 0 Å². The standard InChI is InChI=1S/C4H2BrO/c5-4-1-2-6-3-4/h1-2H. The van der Waals surface area contributed by atoms with Crippen molar-refractivity contribution in [1.82, 2.24) is 0 Å². The van der Waals surface area contributed by atoms with Gasteiger partial charge in [-0.2, -0.15) is 0 Å². The summed E-state index contributed by atoms with van der Waals surface area (Å²) < 4.78 is 5.41. The first-order valence-corrected chi connectivity index (χ1v) is 2.29. The zero-order chi connectivity index (χ0) is 4.41. The molecule has 0 spiro atoms. The van der Waals surface area contributed by atoms with Crippen LogP contribution in [0.1, 0.15) is 0 Å². The maximum atomic E-state index is 4.54. The monoisotopic (exact) mass is 145 g/mol. The van der Waals surface area contributed by atoms with Gasteiger partial charge in [-0.25, -0.2) is 0 Å². The lowest BCUT2D eigenvalue weighted by Gasteiger charge is -1.58. The Morgan fingerprint density at radius 1 is 1.83 bits per heavy atom. The van der Waals surface area contributed by atoms with Gasteiger partial charge >= 0.3 is 0 Å². The average Bonchev–Trinajstić information content (AvgIpc) is 1.86. The summed E-state index contributed by atoms with van der Waals surface area (Å²) in [7, 11) is 0. The molecule has 1 rings (SSSR count). The highest BCUT2D eigenvalue weighted by atomic mass is 79.9. The van der Waals surface area contributed by atoms with Crippen LogP contribution in [0.5, 0.6) is 0 Å². The third kappa shape index (κ3) is 0.627. The second-order valence-electron chi connectivity index (χ2n) is 0.871. The quantitative estimate of drug-likeness (QED) is 0.544. The molecule has 0 atom stereocenters. The van der Waals surface area contributed by atoms with Gasteiger partial charge in [0, 0.05) is 0 Å². The van der Waals surface area contributed by atoms with Crippen molar-refractivity contribution >= 4 is 15.9 Å². The van der Waals surface area contributed by atoms with E-state index in [9.17, 15) is 0 Å². The number of hydrogen-bond donors (Lipinski definition) is 0. The molecular weight excluding hydrogens is 144 g/mol. The molecule has 0 amide bonds. The van der Waals surface area contributed by atoms with Crippen LogP contribution in [0.4, 0.5) is 0 Å². The normalized spacial score (nSPS) is 8.83. The van der Waals surface area contributed by atoms with Crippen LogP contribution in [0.25, 0.3) is 0 Å². The van der Waals surface area contributed by atoms with E-state index in [0.29, 0.717) is 0 Å². The largest absolute Gasteiger partial charge is 0.460 e. The van der Waals surface area contributed by atoms with Gasteiger partial charge in [-0.15, -0.1) is 0 Å². The maximum Gasteiger partial charge on any atom is 0.184 e. The summed E-state index contributed by atoms with van der Waals surface area (Å²) in [4.78, 5) is 0. The molecule has 0 saturated heterocycles. The van der Waals surface area contributed by atoms with Gasteiger partial charge in [0.25, 0.3) is 0 Å². The van der Waals surface area contributed by atoms with Crippen molar-refractivity contribution in [2.24, 2.45) is 0 Å². The molecular formula is C4H2BrO. The van der Waals surface area contributed by atoms with E-state index in [4.69, 9.17) is 0 Å². The van der Waals surface area contributed by atoms with Crippen molar-refractivity contribution in [3.8, 4) is 0 Å². The maximum absolute atomic E-state index is 4.54. The van der Waals surface area contributed by atoms with Gasteiger partial charge in [-0.1, -0.05) is 0 Å². The van der Waals surface area contributed by atoms with E-state index in [-0.39, 0.29) is 0 Å². The first-order chi connectivity index (χ1) is 2.89. The summed E-state index contributed by atoms with van der Waals surface area (Å²) in [5.41, 5.74) is 0. The lowest BCUT2D eigenvalue weighted by Crippen LogP contribution is -1.37. The Morgan fingerprint density at radius 2 is 2.67 bits per heavy atom. The molecule has 0 aliphatic carbocycles. The highest BCUT2D eigenvalue weighted by Crippen LogP contribution is 2.05. The van der Waals surface area contributed by atoms with Gasteiger partial charge in [-0.05, 0) is 22.0 Å². The number of halogens is 1. The summed E-state index contributed by atoms with van der Waals surface area (Å²) >= 11 is 3.13. The van der Waals surface area contributed by atoms with Crippen LogP contribution in [0, 0.1) is 6.26 Å². The first kappa shape index (κ1) is 3.93. The van der Waals surface area contributed by atoms with E-state index in [0.717, 1.165) is 4.47 Å². The molecule has 2 heteroatoms. The topological polar surface area (TPSA) is 13.1 Å². The molecule has 0 N–H and O–H groups in total. The summed E-state index contributed by atoms with van der Waals surface area (Å²) in [6.07, 6.45) is 4.10. The first-order valence-electron chi connectivity index (χ1n) is 1.50. The number of furan rings is 1. The molecule has 1 aromatic heterocycles. The smallest absolute Gasteiger partial charge is 0.184 e. The zero-order valence-electron chi connectivity index (χ0n) is 2.94. The van der Waals surface area contributed by atoms with Crippen LogP contribution >= 0.6 is 15.9 Å². The number of rotatable bonds is 0. The molecule has 0 bridgehead atoms. The third-order valence-electron chi connectivity index (χ3n) is 0.439. The van der Waals surface area contributed by atoms with Crippen molar-refractivity contribution in [1.29, 1.82) is 0 Å². The van der Waals surface area contributed by atoms with Crippen LogP contribution in [-0.4, -0.2) is 0 Å². The van der Waals surface area contributed by atoms with Crippen molar-refractivity contribution in [2.45, 2.75) is 0 Å². The predicted octanol–water partition coefficient (Wildman–Crippen LogP) is 1.84. The molecule has 0 unspecified atom stereocenters. The Bertz CT molecular complexity index is 111. The Kier molecular flexibility index (Phi) is 0.965. The lowest BCUT2D eigenvalue weighted by atomic mass is 10.7. The molecule has 0 saturated carbocycles. The van der Waals surface area contributed by atoms with Gasteiger partial charge in [0.1, 0.15) is 0 Å². The summed E-state index contributed by atoms with van der Waals surface area (Å²) in [6, 6.07) is 1.78. The second-order valence-corrected chi connectivity index (χ2v) is 1.72. The Balaban J connectivity index is 3.05. The van der Waals surface area contributed by atoms with Crippen molar-refractivity contribution in [2.75, 3.05) is 0 Å². The molecule has 0 fully saturated rings. The fourth-order valence-electron chi connectivity index (χ4n) is 0.218. The van der Waals surface area contributed by atoms with E-state index < -0.39 is 0 Å². The van der Waals surface area contributed by atoms with Gasteiger partial charge in [0.2, 0.25) is 0 Å². The second kappa shape index (κ2) is 1.47. The minimum Gasteiger partial charge on any atom is -0.460 e. The molecule has 0 aliphatic rings. The SMILES string of the molecule is Brc1[c]occ1. The molecule has 31 valence electrons. The Hall–Kier alpha value is -0.240. The molecule has 1 nitrogen and oxygen atoms in total. The van der Waals surface area contributed by atoms with E-state index in [1.165, 1.54) is 0 Å². The summed E-state index contributed by atoms with van der Waals surface area (Å²) in [5, 5.41) is 0. The Morgan fingerprint density at radius 3 is 2.83 bits per heavy atom. The lowest BCUT2D eigenvalue weighted by molar-refractivity contribution is 0.556. The van der Waals surface area contributed by atoms with Crippen LogP contribution in [0.2, 0.25) is 0 Å². The summed E-state index contributed by atoms with van der Waals surface area (Å²) in [6.45, 7) is 0. The van der Waals surface area contributed by atoms with Gasteiger partial charge in [0.05, 0.1) is 10.7 Å².